The normalized spacial score (nSPS) is 14.2. The molecule has 2 rings (SSSR count). The Morgan fingerprint density at radius 1 is 0.742 bits per heavy atom. The minimum atomic E-state index is -0.719. The summed E-state index contributed by atoms with van der Waals surface area (Å²) < 4.78 is 22.0. The molecule has 0 spiro atoms. The van der Waals surface area contributed by atoms with Gasteiger partial charge in [-0.3, -0.25) is 4.90 Å². The van der Waals surface area contributed by atoms with Crippen molar-refractivity contribution in [3.8, 4) is 11.5 Å². The highest BCUT2D eigenvalue weighted by atomic mass is 16.5. The number of para-hydroxylation sites is 2. The molecule has 3 atom stereocenters. The largest absolute Gasteiger partial charge is 0.491 e. The van der Waals surface area contributed by atoms with Crippen LogP contribution < -0.4 is 9.47 Å². The van der Waals surface area contributed by atoms with Crippen molar-refractivity contribution in [1.82, 2.24) is 4.90 Å². The first-order valence-corrected chi connectivity index (χ1v) is 10.6. The molecule has 172 valence electrons. The van der Waals surface area contributed by atoms with Crippen LogP contribution in [0.3, 0.4) is 0 Å². The third-order valence-electron chi connectivity index (χ3n) is 4.68. The van der Waals surface area contributed by atoms with Gasteiger partial charge in [-0.25, -0.2) is 0 Å². The Labute approximate surface area is 185 Å². The highest BCUT2D eigenvalue weighted by Crippen LogP contribution is 2.12. The van der Waals surface area contributed by atoms with Crippen LogP contribution in [0.2, 0.25) is 0 Å². The summed E-state index contributed by atoms with van der Waals surface area (Å²) in [5.74, 6) is 1.42. The molecule has 2 N–H and O–H groups in total. The lowest BCUT2D eigenvalue weighted by Gasteiger charge is -2.32. The van der Waals surface area contributed by atoms with Gasteiger partial charge in [-0.2, -0.15) is 0 Å². The summed E-state index contributed by atoms with van der Waals surface area (Å²) in [6, 6.07) is 18.7. The molecule has 2 aromatic carbocycles. The average molecular weight is 434 g/mol. The number of aliphatic hydroxyl groups is 2. The number of hydrogen-bond donors (Lipinski definition) is 2. The fraction of sp³-hybridized carbons (Fsp3) is 0.500. The van der Waals surface area contributed by atoms with Gasteiger partial charge in [-0.1, -0.05) is 36.4 Å². The zero-order valence-corrected chi connectivity index (χ0v) is 18.4. The lowest BCUT2D eigenvalue weighted by Crippen LogP contribution is -2.47. The maximum absolute atomic E-state index is 10.5. The van der Waals surface area contributed by atoms with E-state index in [0.29, 0.717) is 44.4 Å². The lowest BCUT2D eigenvalue weighted by atomic mass is 10.2. The Kier molecular flexibility index (Phi) is 12.0. The third-order valence-corrected chi connectivity index (χ3v) is 4.68. The van der Waals surface area contributed by atoms with E-state index < -0.39 is 12.2 Å². The first kappa shape index (κ1) is 25.1. The van der Waals surface area contributed by atoms with E-state index in [1.807, 2.05) is 72.5 Å². The summed E-state index contributed by atoms with van der Waals surface area (Å²) in [4.78, 5) is 1.99. The van der Waals surface area contributed by atoms with Gasteiger partial charge in [-0.15, -0.1) is 0 Å². The van der Waals surface area contributed by atoms with Crippen LogP contribution in [0.4, 0.5) is 0 Å². The van der Waals surface area contributed by atoms with Crippen molar-refractivity contribution >= 4 is 0 Å². The van der Waals surface area contributed by atoms with E-state index in [2.05, 4.69) is 0 Å². The summed E-state index contributed by atoms with van der Waals surface area (Å²) in [5.41, 5.74) is 0. The second kappa shape index (κ2) is 14.8. The van der Waals surface area contributed by atoms with Crippen molar-refractivity contribution in [3.05, 3.63) is 60.7 Å². The fourth-order valence-corrected chi connectivity index (χ4v) is 3.00. The van der Waals surface area contributed by atoms with E-state index in [-0.39, 0.29) is 19.3 Å². The van der Waals surface area contributed by atoms with Crippen molar-refractivity contribution in [2.24, 2.45) is 0 Å². The van der Waals surface area contributed by atoms with Gasteiger partial charge >= 0.3 is 0 Å². The van der Waals surface area contributed by atoms with Gasteiger partial charge in [-0.05, 0) is 31.2 Å². The van der Waals surface area contributed by atoms with Gasteiger partial charge in [0, 0.05) is 26.2 Å². The number of rotatable bonds is 16. The quantitative estimate of drug-likeness (QED) is 0.393. The van der Waals surface area contributed by atoms with Crippen LogP contribution in [-0.2, 0) is 9.47 Å². The number of hydrogen-bond acceptors (Lipinski definition) is 7. The minimum Gasteiger partial charge on any atom is -0.491 e. The predicted molar refractivity (Wildman–Crippen MR) is 120 cm³/mol. The van der Waals surface area contributed by atoms with E-state index in [1.165, 1.54) is 0 Å². The van der Waals surface area contributed by atoms with Gasteiger partial charge in [0.1, 0.15) is 36.9 Å². The monoisotopic (exact) mass is 433 g/mol. The number of benzene rings is 2. The van der Waals surface area contributed by atoms with Crippen LogP contribution >= 0.6 is 0 Å². The molecule has 0 aliphatic carbocycles. The molecule has 0 aliphatic rings. The molecular weight excluding hydrogens is 398 g/mol. The first-order valence-electron chi connectivity index (χ1n) is 10.6. The van der Waals surface area contributed by atoms with Crippen molar-refractivity contribution in [1.29, 1.82) is 0 Å². The van der Waals surface area contributed by atoms with Gasteiger partial charge in [0.05, 0.1) is 19.8 Å². The molecule has 0 radical (unpaired) electrons. The third kappa shape index (κ3) is 10.6. The fourth-order valence-electron chi connectivity index (χ4n) is 3.00. The van der Waals surface area contributed by atoms with Crippen molar-refractivity contribution in [3.63, 3.8) is 0 Å². The standard InChI is InChI=1S/C24H35NO6/c1-20(17-29-14-13-28-2)25(15-21(26)18-30-23-9-5-3-6-10-23)16-22(27)19-31-24-11-7-4-8-12-24/h3-12,20-22,26-27H,13-19H2,1-2H3. The van der Waals surface area contributed by atoms with Crippen LogP contribution in [0.5, 0.6) is 11.5 Å². The minimum absolute atomic E-state index is 0.0189. The topological polar surface area (TPSA) is 80.6 Å². The molecule has 31 heavy (non-hydrogen) atoms. The van der Waals surface area contributed by atoms with Gasteiger partial charge in [0.2, 0.25) is 0 Å². The van der Waals surface area contributed by atoms with E-state index in [0.717, 1.165) is 0 Å². The zero-order valence-electron chi connectivity index (χ0n) is 18.4. The molecule has 0 aliphatic heterocycles. The first-order chi connectivity index (χ1) is 15.1. The van der Waals surface area contributed by atoms with Crippen molar-refractivity contribution in [2.45, 2.75) is 25.2 Å². The molecule has 0 saturated carbocycles. The van der Waals surface area contributed by atoms with Crippen LogP contribution in [0.1, 0.15) is 6.92 Å². The van der Waals surface area contributed by atoms with Gasteiger partial charge in [0.15, 0.2) is 0 Å². The molecule has 0 aromatic heterocycles. The molecule has 3 unspecified atom stereocenters. The van der Waals surface area contributed by atoms with Crippen LogP contribution in [0.15, 0.2) is 60.7 Å². The highest BCUT2D eigenvalue weighted by molar-refractivity contribution is 5.21. The van der Waals surface area contributed by atoms with Gasteiger partial charge in [0.25, 0.3) is 0 Å². The molecule has 7 heteroatoms. The Balaban J connectivity index is 1.86. The molecule has 0 fully saturated rings. The molecular formula is C24H35NO6. The molecule has 0 amide bonds. The van der Waals surface area contributed by atoms with Crippen molar-refractivity contribution < 1.29 is 29.2 Å². The molecule has 7 nitrogen and oxygen atoms in total. The summed E-state index contributed by atoms with van der Waals surface area (Å²) in [6.07, 6.45) is -1.44. The average Bonchev–Trinajstić information content (AvgIpc) is 2.80. The second-order valence-electron chi connectivity index (χ2n) is 7.43. The number of aliphatic hydroxyl groups excluding tert-OH is 2. The Morgan fingerprint density at radius 2 is 1.23 bits per heavy atom. The van der Waals surface area contributed by atoms with Crippen LogP contribution in [0.25, 0.3) is 0 Å². The van der Waals surface area contributed by atoms with E-state index in [1.54, 1.807) is 7.11 Å². The van der Waals surface area contributed by atoms with Crippen LogP contribution in [0, 0.1) is 0 Å². The molecule has 2 aromatic rings. The Morgan fingerprint density at radius 3 is 1.68 bits per heavy atom. The molecule has 0 bridgehead atoms. The summed E-state index contributed by atoms with van der Waals surface area (Å²) in [6.45, 7) is 4.48. The molecule has 0 saturated heterocycles. The molecule has 0 heterocycles. The maximum Gasteiger partial charge on any atom is 0.119 e. The Hall–Kier alpha value is -2.16. The smallest absolute Gasteiger partial charge is 0.119 e. The summed E-state index contributed by atoms with van der Waals surface area (Å²) >= 11 is 0. The lowest BCUT2D eigenvalue weighted by molar-refractivity contribution is -0.0122. The highest BCUT2D eigenvalue weighted by Gasteiger charge is 2.22. The zero-order chi connectivity index (χ0) is 22.3. The second-order valence-corrected chi connectivity index (χ2v) is 7.43. The van der Waals surface area contributed by atoms with E-state index in [4.69, 9.17) is 18.9 Å². The van der Waals surface area contributed by atoms with Gasteiger partial charge < -0.3 is 29.2 Å². The SMILES string of the molecule is COCCOCC(C)N(CC(O)COc1ccccc1)CC(O)COc1ccccc1. The Bertz CT molecular complexity index is 635. The number of ether oxygens (including phenoxy) is 4. The predicted octanol–water partition coefficient (Wildman–Crippen LogP) is 2.22. The van der Waals surface area contributed by atoms with Crippen molar-refractivity contribution in [2.75, 3.05) is 53.2 Å². The number of nitrogens with zero attached hydrogens (tertiary/aromatic N) is 1. The van der Waals surface area contributed by atoms with E-state index in [9.17, 15) is 10.2 Å². The number of methoxy groups -OCH3 is 1. The maximum atomic E-state index is 10.5. The van der Waals surface area contributed by atoms with E-state index >= 15 is 0 Å². The summed E-state index contributed by atoms with van der Waals surface area (Å²) in [7, 11) is 1.63. The van der Waals surface area contributed by atoms with Crippen LogP contribution in [-0.4, -0.2) is 86.6 Å². The summed E-state index contributed by atoms with van der Waals surface area (Å²) in [5, 5.41) is 21.0.